The third kappa shape index (κ3) is 3.28. The fraction of sp³-hybridized carbons (Fsp3) is 0.357. The highest BCUT2D eigenvalue weighted by Crippen LogP contribution is 2.21. The molecule has 2 rings (SSSR count). The highest BCUT2D eigenvalue weighted by atomic mass is 79.9. The highest BCUT2D eigenvalue weighted by molar-refractivity contribution is 9.10. The number of hydrogen-bond acceptors (Lipinski definition) is 3. The molecular formula is C14H17BrN2O. The monoisotopic (exact) mass is 308 g/mol. The molecule has 0 saturated heterocycles. The summed E-state index contributed by atoms with van der Waals surface area (Å²) in [6, 6.07) is 10.1. The van der Waals surface area contributed by atoms with Crippen molar-refractivity contribution in [2.45, 2.75) is 26.0 Å². The molecule has 4 heteroatoms. The maximum atomic E-state index is 9.48. The summed E-state index contributed by atoms with van der Waals surface area (Å²) in [4.78, 5) is 4.61. The van der Waals surface area contributed by atoms with E-state index >= 15 is 0 Å². The third-order valence-electron chi connectivity index (χ3n) is 2.89. The third-order valence-corrected chi connectivity index (χ3v) is 3.58. The summed E-state index contributed by atoms with van der Waals surface area (Å²) in [7, 11) is 0. The van der Waals surface area contributed by atoms with Gasteiger partial charge >= 0.3 is 0 Å². The first-order valence-corrected chi connectivity index (χ1v) is 6.93. The van der Waals surface area contributed by atoms with E-state index in [0.29, 0.717) is 13.1 Å². The summed E-state index contributed by atoms with van der Waals surface area (Å²) in [6.07, 6.45) is 0.475. The normalized spacial score (nSPS) is 12.8. The molecule has 0 saturated carbocycles. The number of halogens is 1. The predicted octanol–water partition coefficient (Wildman–Crippen LogP) is 2.86. The van der Waals surface area contributed by atoms with Gasteiger partial charge in [0.25, 0.3) is 0 Å². The van der Waals surface area contributed by atoms with Gasteiger partial charge in [-0.3, -0.25) is 4.98 Å². The summed E-state index contributed by atoms with van der Waals surface area (Å²) < 4.78 is 1.000. The number of pyridine rings is 1. The molecule has 3 nitrogen and oxygen atoms in total. The van der Waals surface area contributed by atoms with E-state index in [9.17, 15) is 5.11 Å². The average Bonchev–Trinajstić information content (AvgIpc) is 2.39. The first-order chi connectivity index (χ1) is 8.70. The van der Waals surface area contributed by atoms with Crippen LogP contribution in [0.2, 0.25) is 0 Å². The van der Waals surface area contributed by atoms with Gasteiger partial charge in [-0.05, 0) is 34.5 Å². The molecule has 18 heavy (non-hydrogen) atoms. The van der Waals surface area contributed by atoms with Gasteiger partial charge in [-0.25, -0.2) is 0 Å². The molecule has 1 heterocycles. The van der Waals surface area contributed by atoms with Crippen molar-refractivity contribution in [2.75, 3.05) is 6.54 Å². The molecule has 1 aromatic carbocycles. The van der Waals surface area contributed by atoms with Crippen LogP contribution in [-0.2, 0) is 6.54 Å². The lowest BCUT2D eigenvalue weighted by Gasteiger charge is -2.10. The topological polar surface area (TPSA) is 45.1 Å². The average molecular weight is 309 g/mol. The van der Waals surface area contributed by atoms with Crippen LogP contribution in [0.3, 0.4) is 0 Å². The minimum Gasteiger partial charge on any atom is -0.392 e. The molecule has 96 valence electrons. The van der Waals surface area contributed by atoms with Crippen molar-refractivity contribution in [1.29, 1.82) is 0 Å². The Morgan fingerprint density at radius 2 is 2.17 bits per heavy atom. The molecule has 0 radical (unpaired) electrons. The first kappa shape index (κ1) is 13.5. The van der Waals surface area contributed by atoms with Gasteiger partial charge in [-0.2, -0.15) is 0 Å². The van der Waals surface area contributed by atoms with Crippen LogP contribution in [0, 0.1) is 0 Å². The Morgan fingerprint density at radius 3 is 2.94 bits per heavy atom. The molecule has 0 fully saturated rings. The summed E-state index contributed by atoms with van der Waals surface area (Å²) >= 11 is 3.54. The smallest absolute Gasteiger partial charge is 0.0706 e. The Balaban J connectivity index is 2.10. The van der Waals surface area contributed by atoms with Gasteiger partial charge in [0.2, 0.25) is 0 Å². The summed E-state index contributed by atoms with van der Waals surface area (Å²) in [5, 5.41) is 13.8. The van der Waals surface area contributed by atoms with Crippen LogP contribution < -0.4 is 5.32 Å². The zero-order valence-electron chi connectivity index (χ0n) is 10.4. The van der Waals surface area contributed by atoms with Crippen LogP contribution in [-0.4, -0.2) is 22.7 Å². The second kappa shape index (κ2) is 6.27. The van der Waals surface area contributed by atoms with Gasteiger partial charge in [-0.15, -0.1) is 0 Å². The van der Waals surface area contributed by atoms with Crippen molar-refractivity contribution in [3.63, 3.8) is 0 Å². The second-order valence-corrected chi connectivity index (χ2v) is 5.16. The van der Waals surface area contributed by atoms with E-state index < -0.39 is 0 Å². The van der Waals surface area contributed by atoms with E-state index in [1.165, 1.54) is 0 Å². The van der Waals surface area contributed by atoms with Crippen LogP contribution in [0.4, 0.5) is 0 Å². The van der Waals surface area contributed by atoms with Gasteiger partial charge in [0.05, 0.1) is 17.3 Å². The summed E-state index contributed by atoms with van der Waals surface area (Å²) in [5.74, 6) is 0. The predicted molar refractivity (Wildman–Crippen MR) is 77.4 cm³/mol. The lowest BCUT2D eigenvalue weighted by molar-refractivity contribution is 0.167. The maximum absolute atomic E-state index is 9.48. The number of aromatic nitrogens is 1. The Bertz CT molecular complexity index is 530. The molecule has 0 unspecified atom stereocenters. The van der Waals surface area contributed by atoms with E-state index in [2.05, 4.69) is 32.3 Å². The quantitative estimate of drug-likeness (QED) is 0.893. The van der Waals surface area contributed by atoms with Crippen molar-refractivity contribution < 1.29 is 5.11 Å². The van der Waals surface area contributed by atoms with Crippen molar-refractivity contribution in [2.24, 2.45) is 0 Å². The van der Waals surface area contributed by atoms with E-state index in [1.54, 1.807) is 0 Å². The number of nitrogens with zero attached hydrogens (tertiary/aromatic N) is 1. The van der Waals surface area contributed by atoms with Gasteiger partial charge in [-0.1, -0.05) is 25.1 Å². The zero-order chi connectivity index (χ0) is 13.0. The Labute approximate surface area is 115 Å². The Kier molecular flexibility index (Phi) is 4.69. The number of hydrogen-bond donors (Lipinski definition) is 2. The summed E-state index contributed by atoms with van der Waals surface area (Å²) in [6.45, 7) is 3.22. The van der Waals surface area contributed by atoms with Gasteiger partial charge < -0.3 is 10.4 Å². The fourth-order valence-corrected chi connectivity index (χ4v) is 2.23. The summed E-state index contributed by atoms with van der Waals surface area (Å²) in [5.41, 5.74) is 1.96. The molecule has 2 N–H and O–H groups in total. The van der Waals surface area contributed by atoms with Gasteiger partial charge in [0.1, 0.15) is 0 Å². The Morgan fingerprint density at radius 1 is 1.39 bits per heavy atom. The fourth-order valence-electron chi connectivity index (χ4n) is 1.76. The number of aliphatic hydroxyl groups excluding tert-OH is 1. The molecule has 0 aliphatic rings. The highest BCUT2D eigenvalue weighted by Gasteiger charge is 2.05. The molecule has 0 amide bonds. The lowest BCUT2D eigenvalue weighted by atomic mass is 10.2. The molecule has 2 aromatic rings. The van der Waals surface area contributed by atoms with E-state index in [-0.39, 0.29) is 6.10 Å². The SMILES string of the molecule is CC[C@@H](O)CNCc1nc2ccccc2cc1Br. The number of rotatable bonds is 5. The van der Waals surface area contributed by atoms with Crippen molar-refractivity contribution in [3.05, 3.63) is 40.5 Å². The zero-order valence-corrected chi connectivity index (χ0v) is 11.9. The van der Waals surface area contributed by atoms with Crippen LogP contribution in [0.25, 0.3) is 10.9 Å². The minimum absolute atomic E-state index is 0.288. The molecule has 0 aliphatic heterocycles. The standard InChI is InChI=1S/C14H17BrN2O/c1-2-11(18)8-16-9-14-12(15)7-10-5-3-4-6-13(10)17-14/h3-7,11,16,18H,2,8-9H2,1H3/t11-/m1/s1. The van der Waals surface area contributed by atoms with E-state index in [0.717, 1.165) is 27.5 Å². The molecular weight excluding hydrogens is 292 g/mol. The van der Waals surface area contributed by atoms with E-state index in [1.807, 2.05) is 31.2 Å². The van der Waals surface area contributed by atoms with Crippen LogP contribution in [0.15, 0.2) is 34.8 Å². The largest absolute Gasteiger partial charge is 0.392 e. The van der Waals surface area contributed by atoms with Crippen molar-refractivity contribution in [1.82, 2.24) is 10.3 Å². The van der Waals surface area contributed by atoms with Crippen molar-refractivity contribution >= 4 is 26.8 Å². The molecule has 0 aliphatic carbocycles. The van der Waals surface area contributed by atoms with Crippen LogP contribution in [0.5, 0.6) is 0 Å². The number of para-hydroxylation sites is 1. The Hall–Kier alpha value is -0.970. The number of fused-ring (bicyclic) bond motifs is 1. The second-order valence-electron chi connectivity index (χ2n) is 4.30. The van der Waals surface area contributed by atoms with Crippen LogP contribution in [0.1, 0.15) is 19.0 Å². The van der Waals surface area contributed by atoms with Gasteiger partial charge in [0.15, 0.2) is 0 Å². The first-order valence-electron chi connectivity index (χ1n) is 6.13. The molecule has 1 aromatic heterocycles. The van der Waals surface area contributed by atoms with Gasteiger partial charge in [0, 0.05) is 22.9 Å². The number of aliphatic hydroxyl groups is 1. The maximum Gasteiger partial charge on any atom is 0.0706 e. The number of nitrogens with one attached hydrogen (secondary N) is 1. The minimum atomic E-state index is -0.288. The molecule has 0 bridgehead atoms. The molecule has 1 atom stereocenters. The number of benzene rings is 1. The van der Waals surface area contributed by atoms with Crippen LogP contribution >= 0.6 is 15.9 Å². The lowest BCUT2D eigenvalue weighted by Crippen LogP contribution is -2.26. The van der Waals surface area contributed by atoms with E-state index in [4.69, 9.17) is 0 Å². The molecule has 0 spiro atoms. The van der Waals surface area contributed by atoms with Crippen molar-refractivity contribution in [3.8, 4) is 0 Å².